The van der Waals surface area contributed by atoms with E-state index in [1.807, 2.05) is 45.3 Å². The van der Waals surface area contributed by atoms with E-state index < -0.39 is 0 Å². The van der Waals surface area contributed by atoms with Crippen LogP contribution in [0.25, 0.3) is 5.70 Å². The standard InChI is InChI=1S/C29H37N7O3/c1-19-12-20(2)28(21(3)13-19)34-27(36(18-37)11-9-32-29(31-4)33-17-30)16-24-23-15-26(39-7)25(38-6)14-22(23)8-10-35(24)5/h12-16,18H,8-11H2,1-7H3,(H2,31,32,33)/b24-16-,34-27?. The van der Waals surface area contributed by atoms with Gasteiger partial charge in [0.15, 0.2) is 17.7 Å². The van der Waals surface area contributed by atoms with Gasteiger partial charge in [0.05, 0.1) is 19.9 Å². The Morgan fingerprint density at radius 1 is 1.15 bits per heavy atom. The number of rotatable bonds is 8. The Hall–Kier alpha value is -4.52. The molecular formula is C29H37N7O3. The molecule has 1 heterocycles. The van der Waals surface area contributed by atoms with Crippen LogP contribution < -0.4 is 20.1 Å². The van der Waals surface area contributed by atoms with Crippen molar-refractivity contribution in [3.63, 3.8) is 0 Å². The first-order chi connectivity index (χ1) is 18.8. The predicted molar refractivity (Wildman–Crippen MR) is 154 cm³/mol. The van der Waals surface area contributed by atoms with E-state index in [1.165, 1.54) is 0 Å². The van der Waals surface area contributed by atoms with Gasteiger partial charge in [-0.15, -0.1) is 0 Å². The number of hydrogen-bond acceptors (Lipinski definition) is 7. The molecule has 1 aliphatic rings. The van der Waals surface area contributed by atoms with Crippen molar-refractivity contribution in [1.82, 2.24) is 20.4 Å². The summed E-state index contributed by atoms with van der Waals surface area (Å²) in [6.45, 7) is 7.54. The minimum Gasteiger partial charge on any atom is -0.493 e. The number of guanidine groups is 1. The van der Waals surface area contributed by atoms with Gasteiger partial charge >= 0.3 is 0 Å². The highest BCUT2D eigenvalue weighted by Gasteiger charge is 2.23. The smallest absolute Gasteiger partial charge is 0.215 e. The topological polar surface area (TPSA) is 115 Å². The van der Waals surface area contributed by atoms with Crippen molar-refractivity contribution in [2.45, 2.75) is 27.2 Å². The molecule has 39 heavy (non-hydrogen) atoms. The Bertz CT molecular complexity index is 1320. The molecule has 0 fully saturated rings. The second-order valence-corrected chi connectivity index (χ2v) is 9.32. The van der Waals surface area contributed by atoms with Crippen molar-refractivity contribution in [1.29, 1.82) is 5.26 Å². The maximum absolute atomic E-state index is 12.4. The molecule has 2 N–H and O–H groups in total. The van der Waals surface area contributed by atoms with E-state index in [2.05, 4.69) is 39.6 Å². The highest BCUT2D eigenvalue weighted by atomic mass is 16.5. The Labute approximate surface area is 230 Å². The highest BCUT2D eigenvalue weighted by Crippen LogP contribution is 2.37. The number of nitriles is 1. The maximum Gasteiger partial charge on any atom is 0.215 e. The minimum atomic E-state index is 0.296. The third-order valence-corrected chi connectivity index (χ3v) is 6.61. The summed E-state index contributed by atoms with van der Waals surface area (Å²) in [6.07, 6.45) is 5.41. The first kappa shape index (κ1) is 29.0. The quantitative estimate of drug-likeness (QED) is 0.177. The Morgan fingerprint density at radius 2 is 1.82 bits per heavy atom. The highest BCUT2D eigenvalue weighted by molar-refractivity contribution is 6.05. The molecule has 2 aromatic rings. The zero-order valence-electron chi connectivity index (χ0n) is 23.8. The fourth-order valence-electron chi connectivity index (χ4n) is 4.68. The van der Waals surface area contributed by atoms with E-state index in [0.29, 0.717) is 36.4 Å². The number of carbonyl (C=O) groups excluding carboxylic acids is 1. The molecule has 0 atom stereocenters. The molecule has 0 unspecified atom stereocenters. The number of carbonyl (C=O) groups is 1. The summed E-state index contributed by atoms with van der Waals surface area (Å²) in [6, 6.07) is 8.15. The fraction of sp³-hybridized carbons (Fsp3) is 0.379. The molecule has 1 amide bonds. The van der Waals surface area contributed by atoms with Gasteiger partial charge < -0.3 is 19.7 Å². The van der Waals surface area contributed by atoms with Crippen molar-refractivity contribution >= 4 is 29.6 Å². The van der Waals surface area contributed by atoms with Crippen molar-refractivity contribution in [3.05, 3.63) is 58.2 Å². The average Bonchev–Trinajstić information content (AvgIpc) is 2.92. The van der Waals surface area contributed by atoms with E-state index in [4.69, 9.17) is 19.7 Å². The van der Waals surface area contributed by atoms with Crippen LogP contribution in [0.5, 0.6) is 11.5 Å². The monoisotopic (exact) mass is 531 g/mol. The average molecular weight is 532 g/mol. The number of fused-ring (bicyclic) bond motifs is 1. The third-order valence-electron chi connectivity index (χ3n) is 6.61. The first-order valence-corrected chi connectivity index (χ1v) is 12.7. The zero-order chi connectivity index (χ0) is 28.5. The molecule has 1 aliphatic heterocycles. The number of aryl methyl sites for hydroxylation is 3. The number of nitrogens with one attached hydrogen (secondary N) is 2. The number of ether oxygens (including phenoxy) is 2. The number of benzene rings is 2. The van der Waals surface area contributed by atoms with Gasteiger partial charge in [-0.2, -0.15) is 5.26 Å². The van der Waals surface area contributed by atoms with Gasteiger partial charge in [-0.25, -0.2) is 4.99 Å². The second kappa shape index (κ2) is 13.3. The lowest BCUT2D eigenvalue weighted by Crippen LogP contribution is -2.41. The van der Waals surface area contributed by atoms with E-state index in [1.54, 1.807) is 26.2 Å². The van der Waals surface area contributed by atoms with Crippen LogP contribution in [0.4, 0.5) is 5.69 Å². The molecule has 0 aliphatic carbocycles. The SMILES string of the molecule is CN=C(NC#N)NCCN(C=O)C(/C=C1/c2cc(OC)c(OC)cc2CCN1C)=Nc1c(C)cc(C)cc1C. The number of methoxy groups -OCH3 is 2. The summed E-state index contributed by atoms with van der Waals surface area (Å²) >= 11 is 0. The largest absolute Gasteiger partial charge is 0.493 e. The predicted octanol–water partition coefficient (Wildman–Crippen LogP) is 3.29. The van der Waals surface area contributed by atoms with Gasteiger partial charge in [-0.1, -0.05) is 17.7 Å². The number of amidine groups is 1. The van der Waals surface area contributed by atoms with Gasteiger partial charge in [0.2, 0.25) is 12.4 Å². The summed E-state index contributed by atoms with van der Waals surface area (Å²) in [5.41, 5.74) is 7.06. The molecular weight excluding hydrogens is 494 g/mol. The first-order valence-electron chi connectivity index (χ1n) is 12.7. The van der Waals surface area contributed by atoms with Crippen LogP contribution in [-0.4, -0.2) is 76.0 Å². The van der Waals surface area contributed by atoms with Crippen molar-refractivity contribution < 1.29 is 14.3 Å². The molecule has 206 valence electrons. The molecule has 0 saturated carbocycles. The lowest BCUT2D eigenvalue weighted by atomic mass is 9.95. The van der Waals surface area contributed by atoms with Crippen molar-refractivity contribution in [2.75, 3.05) is 47.9 Å². The summed E-state index contributed by atoms with van der Waals surface area (Å²) < 4.78 is 11.1. The third kappa shape index (κ3) is 6.87. The molecule has 0 radical (unpaired) electrons. The van der Waals surface area contributed by atoms with Crippen LogP contribution in [-0.2, 0) is 11.2 Å². The lowest BCUT2D eigenvalue weighted by molar-refractivity contribution is -0.114. The van der Waals surface area contributed by atoms with Crippen molar-refractivity contribution in [3.8, 4) is 17.7 Å². The zero-order valence-corrected chi connectivity index (χ0v) is 23.8. The molecule has 0 bridgehead atoms. The summed E-state index contributed by atoms with van der Waals surface area (Å²) in [5, 5.41) is 14.4. The molecule has 3 rings (SSSR count). The Balaban J connectivity index is 2.13. The van der Waals surface area contributed by atoms with Crippen LogP contribution >= 0.6 is 0 Å². The minimum absolute atomic E-state index is 0.296. The van der Waals surface area contributed by atoms with E-state index in [-0.39, 0.29) is 0 Å². The maximum atomic E-state index is 12.4. The lowest BCUT2D eigenvalue weighted by Gasteiger charge is -2.31. The molecule has 0 aromatic heterocycles. The van der Waals surface area contributed by atoms with Gasteiger partial charge in [0, 0.05) is 51.1 Å². The van der Waals surface area contributed by atoms with Gasteiger partial charge in [0.1, 0.15) is 5.84 Å². The van der Waals surface area contributed by atoms with E-state index in [9.17, 15) is 4.79 Å². The molecule has 2 aromatic carbocycles. The van der Waals surface area contributed by atoms with Crippen LogP contribution in [0.3, 0.4) is 0 Å². The molecule has 10 heteroatoms. The number of aliphatic imine (C=N–C) groups is 2. The van der Waals surface area contributed by atoms with Crippen LogP contribution in [0.1, 0.15) is 27.8 Å². The van der Waals surface area contributed by atoms with Gasteiger partial charge in [0.25, 0.3) is 0 Å². The van der Waals surface area contributed by atoms with E-state index >= 15 is 0 Å². The fourth-order valence-corrected chi connectivity index (χ4v) is 4.68. The normalized spacial score (nSPS) is 14.4. The molecule has 10 nitrogen and oxygen atoms in total. The number of hydrogen-bond donors (Lipinski definition) is 2. The molecule has 0 spiro atoms. The summed E-state index contributed by atoms with van der Waals surface area (Å²) in [7, 11) is 6.84. The Morgan fingerprint density at radius 3 is 2.41 bits per heavy atom. The van der Waals surface area contributed by atoms with Crippen molar-refractivity contribution in [2.24, 2.45) is 9.98 Å². The summed E-state index contributed by atoms with van der Waals surface area (Å²) in [5.74, 6) is 2.14. The second-order valence-electron chi connectivity index (χ2n) is 9.32. The van der Waals surface area contributed by atoms with Crippen LogP contribution in [0.15, 0.2) is 40.3 Å². The summed E-state index contributed by atoms with van der Waals surface area (Å²) in [4.78, 5) is 25.2. The number of nitrogens with zero attached hydrogens (tertiary/aromatic N) is 5. The number of amides is 1. The Kier molecular flexibility index (Phi) is 9.92. The van der Waals surface area contributed by atoms with Gasteiger partial charge in [-0.3, -0.25) is 20.0 Å². The number of likely N-dealkylation sites (N-methyl/N-ethyl adjacent to an activating group) is 1. The van der Waals surface area contributed by atoms with Crippen LogP contribution in [0.2, 0.25) is 0 Å². The van der Waals surface area contributed by atoms with E-state index in [0.717, 1.165) is 58.6 Å². The molecule has 0 saturated heterocycles. The van der Waals surface area contributed by atoms with Gasteiger partial charge in [-0.05, 0) is 56.0 Å². The van der Waals surface area contributed by atoms with Crippen LogP contribution in [0, 0.1) is 32.2 Å².